The van der Waals surface area contributed by atoms with E-state index in [-0.39, 0.29) is 19.6 Å². The molecule has 42 heavy (non-hydrogen) atoms. The van der Waals surface area contributed by atoms with E-state index in [1.807, 2.05) is 60.7 Å². The molecule has 3 heterocycles. The SMILES string of the molecule is CO[C@H]1OC2COC(c3ccccc3)O[C@H]2C(OCc2ccccc2)C1O[C@@H]1C[C@@H](OC(C)=O)[C@H](OC(C)=O)C(C)O1. The summed E-state index contributed by atoms with van der Waals surface area (Å²) >= 11 is 0. The molecule has 0 saturated carbocycles. The Labute approximate surface area is 245 Å². The molecule has 11 heteroatoms. The van der Waals surface area contributed by atoms with Gasteiger partial charge in [-0.05, 0) is 12.5 Å². The number of carbonyl (C=O) groups excluding carboxylic acids is 2. The molecule has 228 valence electrons. The number of hydrogen-bond donors (Lipinski definition) is 0. The summed E-state index contributed by atoms with van der Waals surface area (Å²) in [6.07, 6.45) is -6.89. The van der Waals surface area contributed by atoms with Crippen molar-refractivity contribution in [3.8, 4) is 0 Å². The Morgan fingerprint density at radius 1 is 0.857 bits per heavy atom. The van der Waals surface area contributed by atoms with Crippen LogP contribution in [-0.4, -0.2) is 81.0 Å². The van der Waals surface area contributed by atoms with Gasteiger partial charge in [0.25, 0.3) is 0 Å². The fraction of sp³-hybridized carbons (Fsp3) is 0.548. The highest BCUT2D eigenvalue weighted by Gasteiger charge is 2.53. The van der Waals surface area contributed by atoms with Gasteiger partial charge in [-0.25, -0.2) is 0 Å². The average Bonchev–Trinajstić information content (AvgIpc) is 2.98. The van der Waals surface area contributed by atoms with Gasteiger partial charge >= 0.3 is 11.9 Å². The van der Waals surface area contributed by atoms with Crippen LogP contribution in [0, 0.1) is 0 Å². The van der Waals surface area contributed by atoms with Gasteiger partial charge in [-0.3, -0.25) is 9.59 Å². The lowest BCUT2D eigenvalue weighted by Gasteiger charge is -2.50. The predicted molar refractivity (Wildman–Crippen MR) is 146 cm³/mol. The van der Waals surface area contributed by atoms with Crippen LogP contribution < -0.4 is 0 Å². The van der Waals surface area contributed by atoms with Gasteiger partial charge in [0.05, 0.1) is 19.3 Å². The molecule has 10 atom stereocenters. The summed E-state index contributed by atoms with van der Waals surface area (Å²) in [6.45, 7) is 4.88. The number of hydrogen-bond acceptors (Lipinski definition) is 11. The second-order valence-electron chi connectivity index (χ2n) is 10.5. The Balaban J connectivity index is 1.39. The fourth-order valence-corrected chi connectivity index (χ4v) is 5.57. The van der Waals surface area contributed by atoms with Crippen LogP contribution in [0.25, 0.3) is 0 Å². The number of carbonyl (C=O) groups is 2. The second-order valence-corrected chi connectivity index (χ2v) is 10.5. The first-order chi connectivity index (χ1) is 20.3. The van der Waals surface area contributed by atoms with Gasteiger partial charge in [0.15, 0.2) is 25.0 Å². The van der Waals surface area contributed by atoms with Gasteiger partial charge in [0, 0.05) is 32.9 Å². The van der Waals surface area contributed by atoms with Crippen molar-refractivity contribution in [2.45, 2.75) is 95.4 Å². The van der Waals surface area contributed by atoms with Crippen molar-refractivity contribution in [2.24, 2.45) is 0 Å². The van der Waals surface area contributed by atoms with Crippen molar-refractivity contribution in [1.82, 2.24) is 0 Å². The molecule has 0 aliphatic carbocycles. The van der Waals surface area contributed by atoms with E-state index in [1.165, 1.54) is 21.0 Å². The van der Waals surface area contributed by atoms with E-state index in [2.05, 4.69) is 0 Å². The Morgan fingerprint density at radius 3 is 2.21 bits per heavy atom. The van der Waals surface area contributed by atoms with Crippen LogP contribution in [0.15, 0.2) is 60.7 Å². The standard InChI is InChI=1S/C31H38O11/c1-18-26(39-20(3)33)23(38-19(2)32)15-25(37-18)41-29-28(35-16-21-11-7-5-8-12-21)27-24(40-31(29)34-4)17-36-30(42-27)22-13-9-6-10-14-22/h5-14,18,23-31H,15-17H2,1-4H3/t18?,23-,24?,25-,26-,27-,28?,29?,30?,31+/m1/s1. The van der Waals surface area contributed by atoms with Crippen LogP contribution in [-0.2, 0) is 58.8 Å². The lowest BCUT2D eigenvalue weighted by molar-refractivity contribution is -0.386. The monoisotopic (exact) mass is 586 g/mol. The highest BCUT2D eigenvalue weighted by molar-refractivity contribution is 5.67. The van der Waals surface area contributed by atoms with Gasteiger partial charge < -0.3 is 42.6 Å². The maximum absolute atomic E-state index is 11.9. The van der Waals surface area contributed by atoms with Crippen molar-refractivity contribution in [3.63, 3.8) is 0 Å². The second kappa shape index (κ2) is 14.0. The van der Waals surface area contributed by atoms with E-state index in [0.717, 1.165) is 11.1 Å². The average molecular weight is 587 g/mol. The molecule has 11 nitrogen and oxygen atoms in total. The summed E-state index contributed by atoms with van der Waals surface area (Å²) in [5, 5.41) is 0. The number of esters is 2. The molecule has 2 aromatic rings. The van der Waals surface area contributed by atoms with Crippen molar-refractivity contribution >= 4 is 11.9 Å². The molecule has 3 fully saturated rings. The van der Waals surface area contributed by atoms with E-state index >= 15 is 0 Å². The Bertz CT molecular complexity index is 1160. The minimum Gasteiger partial charge on any atom is -0.458 e. The molecule has 3 saturated heterocycles. The molecule has 0 bridgehead atoms. The van der Waals surface area contributed by atoms with Crippen molar-refractivity contribution in [3.05, 3.63) is 71.8 Å². The summed E-state index contributed by atoms with van der Waals surface area (Å²) in [5.74, 6) is -1.01. The Kier molecular flexibility index (Phi) is 10.2. The Hall–Kier alpha value is -2.90. The number of methoxy groups -OCH3 is 1. The van der Waals surface area contributed by atoms with Gasteiger partial charge in [-0.15, -0.1) is 0 Å². The minimum absolute atomic E-state index is 0.116. The molecular weight excluding hydrogens is 548 g/mol. The smallest absolute Gasteiger partial charge is 0.303 e. The van der Waals surface area contributed by atoms with Crippen LogP contribution in [0.4, 0.5) is 0 Å². The Morgan fingerprint density at radius 2 is 1.55 bits per heavy atom. The van der Waals surface area contributed by atoms with Crippen molar-refractivity contribution in [1.29, 1.82) is 0 Å². The van der Waals surface area contributed by atoms with Crippen molar-refractivity contribution < 1.29 is 52.2 Å². The third kappa shape index (κ3) is 7.35. The predicted octanol–water partition coefficient (Wildman–Crippen LogP) is 3.44. The third-order valence-electron chi connectivity index (χ3n) is 7.42. The van der Waals surface area contributed by atoms with E-state index in [9.17, 15) is 9.59 Å². The van der Waals surface area contributed by atoms with Crippen LogP contribution in [0.1, 0.15) is 44.6 Å². The molecule has 3 aliphatic rings. The lowest BCUT2D eigenvalue weighted by atomic mass is 9.96. The van der Waals surface area contributed by atoms with Crippen LogP contribution in [0.5, 0.6) is 0 Å². The quantitative estimate of drug-likeness (QED) is 0.402. The number of rotatable bonds is 9. The first kappa shape index (κ1) is 30.6. The van der Waals surface area contributed by atoms with Gasteiger partial charge in [0.1, 0.15) is 30.5 Å². The minimum atomic E-state index is -0.855. The molecule has 0 amide bonds. The summed E-state index contributed by atoms with van der Waals surface area (Å²) in [7, 11) is 1.52. The number of fused-ring (bicyclic) bond motifs is 1. The molecule has 2 aromatic carbocycles. The molecule has 5 unspecified atom stereocenters. The van der Waals surface area contributed by atoms with Crippen molar-refractivity contribution in [2.75, 3.05) is 13.7 Å². The maximum atomic E-state index is 11.9. The maximum Gasteiger partial charge on any atom is 0.303 e. The van der Waals surface area contributed by atoms with E-state index < -0.39 is 73.5 Å². The van der Waals surface area contributed by atoms with E-state index in [1.54, 1.807) is 6.92 Å². The first-order valence-corrected chi connectivity index (χ1v) is 14.1. The normalized spacial score (nSPS) is 34.7. The number of benzene rings is 2. The van der Waals surface area contributed by atoms with E-state index in [0.29, 0.717) is 0 Å². The lowest BCUT2D eigenvalue weighted by Crippen LogP contribution is -2.64. The number of ether oxygens (including phenoxy) is 9. The topological polar surface area (TPSA) is 117 Å². The zero-order valence-electron chi connectivity index (χ0n) is 24.2. The summed E-state index contributed by atoms with van der Waals surface area (Å²) < 4.78 is 54.6. The molecule has 0 aromatic heterocycles. The first-order valence-electron chi connectivity index (χ1n) is 14.1. The molecule has 5 rings (SSSR count). The summed E-state index contributed by atoms with van der Waals surface area (Å²) in [5.41, 5.74) is 1.84. The van der Waals surface area contributed by atoms with Crippen LogP contribution >= 0.6 is 0 Å². The fourth-order valence-electron chi connectivity index (χ4n) is 5.57. The molecular formula is C31H38O11. The van der Waals surface area contributed by atoms with Crippen LogP contribution in [0.2, 0.25) is 0 Å². The van der Waals surface area contributed by atoms with E-state index in [4.69, 9.17) is 42.6 Å². The summed E-state index contributed by atoms with van der Waals surface area (Å²) in [4.78, 5) is 23.6. The highest BCUT2D eigenvalue weighted by atomic mass is 16.8. The van der Waals surface area contributed by atoms with Crippen LogP contribution in [0.3, 0.4) is 0 Å². The molecule has 3 aliphatic heterocycles. The molecule has 0 radical (unpaired) electrons. The third-order valence-corrected chi connectivity index (χ3v) is 7.42. The van der Waals surface area contributed by atoms with Gasteiger partial charge in [-0.2, -0.15) is 0 Å². The molecule has 0 spiro atoms. The highest BCUT2D eigenvalue weighted by Crippen LogP contribution is 2.38. The van der Waals surface area contributed by atoms with Gasteiger partial charge in [0.2, 0.25) is 0 Å². The van der Waals surface area contributed by atoms with Gasteiger partial charge in [-0.1, -0.05) is 60.7 Å². The molecule has 0 N–H and O–H groups in total. The summed E-state index contributed by atoms with van der Waals surface area (Å²) in [6, 6.07) is 19.4. The zero-order valence-corrected chi connectivity index (χ0v) is 24.2. The zero-order chi connectivity index (χ0) is 29.6. The largest absolute Gasteiger partial charge is 0.458 e.